The van der Waals surface area contributed by atoms with E-state index in [2.05, 4.69) is 5.32 Å². The third-order valence-corrected chi connectivity index (χ3v) is 5.14. The number of amides is 1. The van der Waals surface area contributed by atoms with Gasteiger partial charge in [-0.15, -0.1) is 0 Å². The van der Waals surface area contributed by atoms with Gasteiger partial charge in [0.15, 0.2) is 0 Å². The lowest BCUT2D eigenvalue weighted by Gasteiger charge is -2.33. The number of nitrogens with zero attached hydrogens (tertiary/aromatic N) is 1. The van der Waals surface area contributed by atoms with E-state index in [4.69, 9.17) is 9.47 Å². The highest BCUT2D eigenvalue weighted by Crippen LogP contribution is 2.14. The average molecular weight is 421 g/mol. The molecule has 166 valence electrons. The van der Waals surface area contributed by atoms with E-state index in [0.717, 1.165) is 5.56 Å². The number of hydrogen-bond donors (Lipinski definition) is 2. The smallest absolute Gasteiger partial charge is 0.326 e. The van der Waals surface area contributed by atoms with E-state index in [-0.39, 0.29) is 25.7 Å². The Hall–Kier alpha value is -2.45. The lowest BCUT2D eigenvalue weighted by molar-refractivity contribution is -0.154. The van der Waals surface area contributed by atoms with E-state index < -0.39 is 30.1 Å². The van der Waals surface area contributed by atoms with Crippen molar-refractivity contribution in [3.05, 3.63) is 35.9 Å². The maximum Gasteiger partial charge on any atom is 0.326 e. The van der Waals surface area contributed by atoms with Gasteiger partial charge in [-0.3, -0.25) is 14.9 Å². The van der Waals surface area contributed by atoms with Gasteiger partial charge in [0.1, 0.15) is 12.1 Å². The van der Waals surface area contributed by atoms with E-state index >= 15 is 0 Å². The predicted molar refractivity (Wildman–Crippen MR) is 111 cm³/mol. The SMILES string of the molecule is CCOC(=O)C(CCc1ccccc1)N[C@@H](C)C(=O)N1CCOCCCC1C(=O)O. The fourth-order valence-electron chi connectivity index (χ4n) is 3.57. The second kappa shape index (κ2) is 12.3. The zero-order chi connectivity index (χ0) is 21.9. The highest BCUT2D eigenvalue weighted by molar-refractivity contribution is 5.87. The number of carboxylic acid groups (broad SMARTS) is 1. The number of aliphatic carboxylic acids is 1. The molecule has 1 amide bonds. The number of esters is 1. The monoisotopic (exact) mass is 420 g/mol. The molecule has 1 aliphatic rings. The van der Waals surface area contributed by atoms with E-state index in [1.165, 1.54) is 4.90 Å². The van der Waals surface area contributed by atoms with Crippen molar-refractivity contribution in [1.29, 1.82) is 0 Å². The molecule has 0 bridgehead atoms. The zero-order valence-electron chi connectivity index (χ0n) is 17.7. The van der Waals surface area contributed by atoms with Gasteiger partial charge >= 0.3 is 11.9 Å². The Morgan fingerprint density at radius 2 is 2.00 bits per heavy atom. The molecule has 0 saturated carbocycles. The Morgan fingerprint density at radius 3 is 2.67 bits per heavy atom. The molecule has 0 aliphatic carbocycles. The molecule has 3 atom stereocenters. The summed E-state index contributed by atoms with van der Waals surface area (Å²) in [6.07, 6.45) is 2.02. The van der Waals surface area contributed by atoms with Crippen molar-refractivity contribution < 1.29 is 29.0 Å². The van der Waals surface area contributed by atoms with Gasteiger partial charge in [-0.1, -0.05) is 30.3 Å². The van der Waals surface area contributed by atoms with Gasteiger partial charge in [-0.05, 0) is 45.1 Å². The Bertz CT molecular complexity index is 696. The first-order chi connectivity index (χ1) is 14.4. The van der Waals surface area contributed by atoms with E-state index in [1.807, 2.05) is 30.3 Å². The van der Waals surface area contributed by atoms with Gasteiger partial charge in [0, 0.05) is 13.2 Å². The molecule has 30 heavy (non-hydrogen) atoms. The first-order valence-corrected chi connectivity index (χ1v) is 10.5. The van der Waals surface area contributed by atoms with Crippen molar-refractivity contribution in [3.8, 4) is 0 Å². The van der Waals surface area contributed by atoms with Crippen molar-refractivity contribution in [1.82, 2.24) is 10.2 Å². The van der Waals surface area contributed by atoms with Gasteiger partial charge < -0.3 is 19.5 Å². The van der Waals surface area contributed by atoms with Crippen LogP contribution < -0.4 is 5.32 Å². The Kier molecular flexibility index (Phi) is 9.76. The summed E-state index contributed by atoms with van der Waals surface area (Å²) in [7, 11) is 0. The van der Waals surface area contributed by atoms with Crippen LogP contribution in [0.2, 0.25) is 0 Å². The highest BCUT2D eigenvalue weighted by Gasteiger charge is 2.34. The van der Waals surface area contributed by atoms with Crippen molar-refractivity contribution in [2.24, 2.45) is 0 Å². The Labute approximate surface area is 177 Å². The lowest BCUT2D eigenvalue weighted by Crippen LogP contribution is -2.56. The average Bonchev–Trinajstić information content (AvgIpc) is 2.71. The molecule has 0 radical (unpaired) electrons. The van der Waals surface area contributed by atoms with Gasteiger partial charge in [-0.2, -0.15) is 0 Å². The third-order valence-electron chi connectivity index (χ3n) is 5.14. The summed E-state index contributed by atoms with van der Waals surface area (Å²) in [6, 6.07) is 7.46. The number of carboxylic acids is 1. The van der Waals surface area contributed by atoms with Crippen LogP contribution in [0.5, 0.6) is 0 Å². The second-order valence-corrected chi connectivity index (χ2v) is 7.36. The normalized spacial score (nSPS) is 19.3. The zero-order valence-corrected chi connectivity index (χ0v) is 17.7. The summed E-state index contributed by atoms with van der Waals surface area (Å²) in [4.78, 5) is 38.6. The maximum absolute atomic E-state index is 13.1. The van der Waals surface area contributed by atoms with E-state index in [9.17, 15) is 19.5 Å². The molecule has 0 aromatic heterocycles. The van der Waals surface area contributed by atoms with Crippen LogP contribution in [0.15, 0.2) is 30.3 Å². The predicted octanol–water partition coefficient (Wildman–Crippen LogP) is 1.62. The molecule has 8 nitrogen and oxygen atoms in total. The first kappa shape index (κ1) is 23.8. The van der Waals surface area contributed by atoms with E-state index in [1.54, 1.807) is 13.8 Å². The van der Waals surface area contributed by atoms with Crippen LogP contribution in [-0.2, 0) is 30.3 Å². The molecule has 1 aliphatic heterocycles. The van der Waals surface area contributed by atoms with Crippen LogP contribution in [0.1, 0.15) is 38.7 Å². The molecule has 2 unspecified atom stereocenters. The van der Waals surface area contributed by atoms with Crippen LogP contribution >= 0.6 is 0 Å². The van der Waals surface area contributed by atoms with Gasteiger partial charge in [0.2, 0.25) is 5.91 Å². The molecule has 1 saturated heterocycles. The molecule has 8 heteroatoms. The molecule has 1 aromatic rings. The highest BCUT2D eigenvalue weighted by atomic mass is 16.5. The van der Waals surface area contributed by atoms with Crippen molar-refractivity contribution in [2.45, 2.75) is 57.7 Å². The molecular weight excluding hydrogens is 388 g/mol. The number of hydrogen-bond acceptors (Lipinski definition) is 6. The van der Waals surface area contributed by atoms with Crippen molar-refractivity contribution in [3.63, 3.8) is 0 Å². The number of aryl methyl sites for hydroxylation is 1. The number of rotatable bonds is 9. The summed E-state index contributed by atoms with van der Waals surface area (Å²) in [5.41, 5.74) is 1.08. The molecule has 1 fully saturated rings. The summed E-state index contributed by atoms with van der Waals surface area (Å²) >= 11 is 0. The standard InChI is InChI=1S/C22H32N2O6/c1-3-30-22(28)18(12-11-17-8-5-4-6-9-17)23-16(2)20(25)24-13-15-29-14-7-10-19(24)21(26)27/h4-6,8-9,16,18-19,23H,3,7,10-15H2,1-2H3,(H,26,27)/t16-,18?,19?/m0/s1. The van der Waals surface area contributed by atoms with Crippen molar-refractivity contribution in [2.75, 3.05) is 26.4 Å². The molecule has 1 heterocycles. The van der Waals surface area contributed by atoms with Crippen LogP contribution in [0.25, 0.3) is 0 Å². The molecule has 1 aromatic carbocycles. The largest absolute Gasteiger partial charge is 0.480 e. The Balaban J connectivity index is 2.07. The number of carbonyl (C=O) groups excluding carboxylic acids is 2. The minimum atomic E-state index is -1.02. The summed E-state index contributed by atoms with van der Waals surface area (Å²) in [5.74, 6) is -1.80. The maximum atomic E-state index is 13.1. The third kappa shape index (κ3) is 7.11. The first-order valence-electron chi connectivity index (χ1n) is 10.5. The Morgan fingerprint density at radius 1 is 1.27 bits per heavy atom. The summed E-state index contributed by atoms with van der Waals surface area (Å²) in [5, 5.41) is 12.6. The number of carbonyl (C=O) groups is 3. The topological polar surface area (TPSA) is 105 Å². The van der Waals surface area contributed by atoms with E-state index in [0.29, 0.717) is 32.3 Å². The molecule has 0 spiro atoms. The second-order valence-electron chi connectivity index (χ2n) is 7.36. The van der Waals surface area contributed by atoms with Gasteiger partial charge in [-0.25, -0.2) is 4.79 Å². The summed E-state index contributed by atoms with van der Waals surface area (Å²) < 4.78 is 10.6. The molecule has 2 rings (SSSR count). The lowest BCUT2D eigenvalue weighted by atomic mass is 10.0. The fraction of sp³-hybridized carbons (Fsp3) is 0.591. The van der Waals surface area contributed by atoms with Crippen LogP contribution in [0, 0.1) is 0 Å². The number of ether oxygens (including phenoxy) is 2. The quantitative estimate of drug-likeness (QED) is 0.585. The molecule has 2 N–H and O–H groups in total. The number of nitrogens with one attached hydrogen (secondary N) is 1. The van der Waals surface area contributed by atoms with Gasteiger partial charge in [0.05, 0.1) is 19.3 Å². The minimum Gasteiger partial charge on any atom is -0.480 e. The molecular formula is C22H32N2O6. The van der Waals surface area contributed by atoms with Crippen molar-refractivity contribution >= 4 is 17.8 Å². The number of benzene rings is 1. The van der Waals surface area contributed by atoms with Crippen LogP contribution in [0.4, 0.5) is 0 Å². The van der Waals surface area contributed by atoms with Gasteiger partial charge in [0.25, 0.3) is 0 Å². The fourth-order valence-corrected chi connectivity index (χ4v) is 3.57. The summed E-state index contributed by atoms with van der Waals surface area (Å²) in [6.45, 7) is 4.61. The van der Waals surface area contributed by atoms with Crippen LogP contribution in [-0.4, -0.2) is 72.3 Å². The minimum absolute atomic E-state index is 0.204. The van der Waals surface area contributed by atoms with Crippen LogP contribution in [0.3, 0.4) is 0 Å².